The van der Waals surface area contributed by atoms with Gasteiger partial charge < -0.3 is 14.2 Å². The smallest absolute Gasteiger partial charge is 0.306 e. The normalized spacial score (nSPS) is 12.0. The molecule has 0 aliphatic carbocycles. The fraction of sp³-hybridized carbons (Fsp3) is 0.948. The van der Waals surface area contributed by atoms with E-state index in [0.29, 0.717) is 19.3 Å². The number of unbranched alkanes of at least 4 members (excludes halogenated alkanes) is 37. The van der Waals surface area contributed by atoms with Gasteiger partial charge in [-0.3, -0.25) is 14.4 Å². The van der Waals surface area contributed by atoms with E-state index in [1.54, 1.807) is 0 Å². The molecular weight excluding hydrogens is 793 g/mol. The maximum Gasteiger partial charge on any atom is 0.306 e. The second kappa shape index (κ2) is 50.8. The lowest BCUT2D eigenvalue weighted by Crippen LogP contribution is -2.30. The van der Waals surface area contributed by atoms with Crippen LogP contribution in [-0.2, 0) is 28.6 Å². The van der Waals surface area contributed by atoms with E-state index in [2.05, 4.69) is 34.6 Å². The van der Waals surface area contributed by atoms with Crippen LogP contribution in [0.5, 0.6) is 0 Å². The van der Waals surface area contributed by atoms with Crippen LogP contribution in [0.15, 0.2) is 0 Å². The van der Waals surface area contributed by atoms with E-state index < -0.39 is 6.10 Å². The monoisotopic (exact) mass is 905 g/mol. The van der Waals surface area contributed by atoms with Crippen molar-refractivity contribution in [3.05, 3.63) is 0 Å². The van der Waals surface area contributed by atoms with Crippen LogP contribution in [0, 0.1) is 11.8 Å². The molecule has 0 rings (SSSR count). The first kappa shape index (κ1) is 62.4. The highest BCUT2D eigenvalue weighted by Crippen LogP contribution is 2.18. The van der Waals surface area contributed by atoms with Crippen LogP contribution in [0.2, 0.25) is 0 Å². The number of hydrogen-bond acceptors (Lipinski definition) is 6. The molecule has 6 nitrogen and oxygen atoms in total. The van der Waals surface area contributed by atoms with Gasteiger partial charge in [0.15, 0.2) is 6.10 Å². The Morgan fingerprint density at radius 1 is 0.297 bits per heavy atom. The van der Waals surface area contributed by atoms with Crippen molar-refractivity contribution >= 4 is 17.9 Å². The van der Waals surface area contributed by atoms with Gasteiger partial charge in [-0.1, -0.05) is 285 Å². The molecule has 64 heavy (non-hydrogen) atoms. The summed E-state index contributed by atoms with van der Waals surface area (Å²) < 4.78 is 16.9. The quantitative estimate of drug-likeness (QED) is 0.0344. The average molecular weight is 906 g/mol. The highest BCUT2D eigenvalue weighted by molar-refractivity contribution is 5.71. The highest BCUT2D eigenvalue weighted by atomic mass is 16.6. The van der Waals surface area contributed by atoms with Gasteiger partial charge in [0.25, 0.3) is 0 Å². The lowest BCUT2D eigenvalue weighted by atomic mass is 10.0. The Morgan fingerprint density at radius 3 is 0.766 bits per heavy atom. The summed E-state index contributed by atoms with van der Waals surface area (Å²) in [5.74, 6) is 0.820. The van der Waals surface area contributed by atoms with Crippen LogP contribution < -0.4 is 0 Å². The third-order valence-electron chi connectivity index (χ3n) is 13.2. The predicted molar refractivity (Wildman–Crippen MR) is 275 cm³/mol. The molecule has 0 radical (unpaired) electrons. The van der Waals surface area contributed by atoms with Crippen LogP contribution >= 0.6 is 0 Å². The van der Waals surface area contributed by atoms with Crippen LogP contribution in [0.25, 0.3) is 0 Å². The third kappa shape index (κ3) is 51.4. The number of esters is 3. The molecule has 0 bridgehead atoms. The maximum absolute atomic E-state index is 12.8. The molecule has 0 aliphatic rings. The van der Waals surface area contributed by atoms with Crippen molar-refractivity contribution in [2.45, 2.75) is 330 Å². The van der Waals surface area contributed by atoms with Crippen molar-refractivity contribution in [1.82, 2.24) is 0 Å². The second-order valence-electron chi connectivity index (χ2n) is 20.9. The molecule has 1 atom stereocenters. The third-order valence-corrected chi connectivity index (χ3v) is 13.2. The molecule has 0 saturated heterocycles. The van der Waals surface area contributed by atoms with Gasteiger partial charge in [0.2, 0.25) is 0 Å². The Balaban J connectivity index is 4.28. The van der Waals surface area contributed by atoms with E-state index in [4.69, 9.17) is 14.2 Å². The summed E-state index contributed by atoms with van der Waals surface area (Å²) in [7, 11) is 0. The van der Waals surface area contributed by atoms with Crippen molar-refractivity contribution in [3.8, 4) is 0 Å². The van der Waals surface area contributed by atoms with E-state index in [1.165, 1.54) is 212 Å². The fourth-order valence-corrected chi connectivity index (χ4v) is 8.87. The topological polar surface area (TPSA) is 78.9 Å². The Morgan fingerprint density at radius 2 is 0.516 bits per heavy atom. The predicted octanol–water partition coefficient (Wildman–Crippen LogP) is 18.9. The van der Waals surface area contributed by atoms with Crippen LogP contribution in [0.1, 0.15) is 324 Å². The van der Waals surface area contributed by atoms with Gasteiger partial charge in [0.05, 0.1) is 0 Å². The first-order chi connectivity index (χ1) is 31.2. The molecule has 0 spiro atoms. The van der Waals surface area contributed by atoms with Gasteiger partial charge in [0.1, 0.15) is 13.2 Å². The molecule has 0 aromatic rings. The van der Waals surface area contributed by atoms with Crippen molar-refractivity contribution in [1.29, 1.82) is 0 Å². The van der Waals surface area contributed by atoms with Crippen molar-refractivity contribution in [2.75, 3.05) is 13.2 Å². The van der Waals surface area contributed by atoms with E-state index in [1.807, 2.05) is 0 Å². The molecule has 0 aromatic carbocycles. The van der Waals surface area contributed by atoms with Crippen molar-refractivity contribution < 1.29 is 28.6 Å². The lowest BCUT2D eigenvalue weighted by molar-refractivity contribution is -0.167. The average Bonchev–Trinajstić information content (AvgIpc) is 3.27. The largest absolute Gasteiger partial charge is 0.462 e. The summed E-state index contributed by atoms with van der Waals surface area (Å²) in [6.07, 6.45) is 53.8. The summed E-state index contributed by atoms with van der Waals surface area (Å²) in [6, 6.07) is 0. The number of rotatable bonds is 52. The fourth-order valence-electron chi connectivity index (χ4n) is 8.87. The Hall–Kier alpha value is -1.59. The zero-order chi connectivity index (χ0) is 46.8. The Bertz CT molecular complexity index is 978. The molecule has 0 unspecified atom stereocenters. The van der Waals surface area contributed by atoms with E-state index in [9.17, 15) is 14.4 Å². The molecule has 0 N–H and O–H groups in total. The molecule has 380 valence electrons. The molecule has 0 amide bonds. The van der Waals surface area contributed by atoms with Crippen LogP contribution in [-0.4, -0.2) is 37.2 Å². The molecule has 0 saturated carbocycles. The molecule has 6 heteroatoms. The zero-order valence-corrected chi connectivity index (χ0v) is 43.9. The van der Waals surface area contributed by atoms with Gasteiger partial charge in [-0.15, -0.1) is 0 Å². The SMILES string of the molecule is CCCCCCCCCCCCCCCCCC(=O)OC[C@H](COC(=O)CCCCCCCCCCCC(C)C)OC(=O)CCCCCCCCCCCCCCCCCCC(C)C. The molecular formula is C58H112O6. The minimum atomic E-state index is -0.762. The van der Waals surface area contributed by atoms with Gasteiger partial charge in [-0.25, -0.2) is 0 Å². The van der Waals surface area contributed by atoms with Gasteiger partial charge in [-0.05, 0) is 31.1 Å². The maximum atomic E-state index is 12.8. The van der Waals surface area contributed by atoms with E-state index in [0.717, 1.165) is 69.6 Å². The Labute approximate surface area is 399 Å². The molecule has 0 fully saturated rings. The Kier molecular flexibility index (Phi) is 49.6. The summed E-state index contributed by atoms with van der Waals surface area (Å²) in [6.45, 7) is 11.4. The molecule has 0 aromatic heterocycles. The summed E-state index contributed by atoms with van der Waals surface area (Å²) in [5, 5.41) is 0. The molecule has 0 aliphatic heterocycles. The standard InChI is InChI=1S/C58H112O6/c1-6-7-8-9-10-11-12-13-16-20-23-28-33-38-43-48-56(59)62-51-55(52-63-57(60)49-44-39-34-30-25-27-32-37-42-47-54(4)5)64-58(61)50-45-40-35-29-24-21-18-15-14-17-19-22-26-31-36-41-46-53(2)3/h53-55H,6-52H2,1-5H3/t55-/m1/s1. The van der Waals surface area contributed by atoms with E-state index in [-0.39, 0.29) is 31.1 Å². The van der Waals surface area contributed by atoms with Gasteiger partial charge >= 0.3 is 17.9 Å². The lowest BCUT2D eigenvalue weighted by Gasteiger charge is -2.18. The number of hydrogen-bond donors (Lipinski definition) is 0. The van der Waals surface area contributed by atoms with Crippen molar-refractivity contribution in [3.63, 3.8) is 0 Å². The minimum Gasteiger partial charge on any atom is -0.462 e. The van der Waals surface area contributed by atoms with Gasteiger partial charge in [-0.2, -0.15) is 0 Å². The first-order valence-electron chi connectivity index (χ1n) is 28.7. The van der Waals surface area contributed by atoms with Crippen LogP contribution in [0.4, 0.5) is 0 Å². The second-order valence-corrected chi connectivity index (χ2v) is 20.9. The van der Waals surface area contributed by atoms with E-state index >= 15 is 0 Å². The van der Waals surface area contributed by atoms with Crippen molar-refractivity contribution in [2.24, 2.45) is 11.8 Å². The van der Waals surface area contributed by atoms with Gasteiger partial charge in [0, 0.05) is 19.3 Å². The number of carbonyl (C=O) groups is 3. The minimum absolute atomic E-state index is 0.0629. The van der Waals surface area contributed by atoms with Crippen LogP contribution in [0.3, 0.4) is 0 Å². The zero-order valence-electron chi connectivity index (χ0n) is 43.9. The number of ether oxygens (including phenoxy) is 3. The number of carbonyl (C=O) groups excluding carboxylic acids is 3. The highest BCUT2D eigenvalue weighted by Gasteiger charge is 2.19. The summed E-state index contributed by atoms with van der Waals surface area (Å²) in [5.41, 5.74) is 0. The summed E-state index contributed by atoms with van der Waals surface area (Å²) >= 11 is 0. The first-order valence-corrected chi connectivity index (χ1v) is 28.7. The molecule has 0 heterocycles. The summed E-state index contributed by atoms with van der Waals surface area (Å²) in [4.78, 5) is 38.1.